The Bertz CT molecular complexity index is 329. The van der Waals surface area contributed by atoms with E-state index in [1.165, 1.54) is 0 Å². The van der Waals surface area contributed by atoms with Crippen molar-refractivity contribution in [3.8, 4) is 0 Å². The summed E-state index contributed by atoms with van der Waals surface area (Å²) in [5.41, 5.74) is 0.883. The lowest BCUT2D eigenvalue weighted by Gasteiger charge is -2.30. The van der Waals surface area contributed by atoms with Crippen molar-refractivity contribution in [3.63, 3.8) is 0 Å². The smallest absolute Gasteiger partial charge is 0.100 e. The number of hydrogen-bond acceptors (Lipinski definition) is 4. The van der Waals surface area contributed by atoms with E-state index in [4.69, 9.17) is 9.84 Å². The summed E-state index contributed by atoms with van der Waals surface area (Å²) in [4.78, 5) is 6.21. The van der Waals surface area contributed by atoms with Crippen LogP contribution in [-0.2, 0) is 4.74 Å². The molecule has 1 fully saturated rings. The third kappa shape index (κ3) is 6.55. The maximum atomic E-state index is 9.08. The van der Waals surface area contributed by atoms with Gasteiger partial charge in [0.25, 0.3) is 0 Å². The van der Waals surface area contributed by atoms with Gasteiger partial charge in [-0.25, -0.2) is 0 Å². The second kappa shape index (κ2) is 8.88. The second-order valence-electron chi connectivity index (χ2n) is 5.06. The summed E-state index contributed by atoms with van der Waals surface area (Å²) in [5, 5.41) is 9.08. The first-order chi connectivity index (χ1) is 9.15. The number of ether oxygens (including phenoxy) is 1. The first kappa shape index (κ1) is 15.9. The van der Waals surface area contributed by atoms with Crippen LogP contribution >= 0.6 is 0 Å². The predicted molar refractivity (Wildman–Crippen MR) is 79.3 cm³/mol. The summed E-state index contributed by atoms with van der Waals surface area (Å²) in [6, 6.07) is 0. The summed E-state index contributed by atoms with van der Waals surface area (Å²) in [5.74, 6) is 1.39. The Balaban J connectivity index is 2.18. The molecule has 4 nitrogen and oxygen atoms in total. The summed E-state index contributed by atoms with van der Waals surface area (Å²) in [6.07, 6.45) is 6.01. The molecule has 1 aliphatic heterocycles. The highest BCUT2D eigenvalue weighted by atomic mass is 16.5. The molecule has 0 aliphatic carbocycles. The maximum Gasteiger partial charge on any atom is 0.100 e. The van der Waals surface area contributed by atoms with Gasteiger partial charge in [-0.3, -0.25) is 9.89 Å². The van der Waals surface area contributed by atoms with Crippen molar-refractivity contribution in [1.29, 1.82) is 0 Å². The first-order valence-corrected chi connectivity index (χ1v) is 6.93. The van der Waals surface area contributed by atoms with Gasteiger partial charge in [-0.2, -0.15) is 0 Å². The lowest BCUT2D eigenvalue weighted by molar-refractivity contribution is 0.104. The Hall–Kier alpha value is -1.13. The lowest BCUT2D eigenvalue weighted by atomic mass is 9.98. The van der Waals surface area contributed by atoms with E-state index in [1.54, 1.807) is 0 Å². The largest absolute Gasteiger partial charge is 0.497 e. The number of aliphatic hydroxyl groups excluding tert-OH is 1. The van der Waals surface area contributed by atoms with E-state index in [2.05, 4.69) is 16.6 Å². The van der Waals surface area contributed by atoms with Gasteiger partial charge in [0, 0.05) is 18.8 Å². The molecule has 1 rings (SSSR count). The van der Waals surface area contributed by atoms with Gasteiger partial charge < -0.3 is 9.84 Å². The maximum absolute atomic E-state index is 9.08. The number of nitrogens with zero attached hydrogens (tertiary/aromatic N) is 2. The van der Waals surface area contributed by atoms with E-state index in [0.29, 0.717) is 19.1 Å². The fourth-order valence-electron chi connectivity index (χ4n) is 2.07. The molecular weight excluding hydrogens is 240 g/mol. The molecule has 4 heteroatoms. The van der Waals surface area contributed by atoms with E-state index >= 15 is 0 Å². The van der Waals surface area contributed by atoms with Crippen LogP contribution in [-0.4, -0.2) is 49.6 Å². The Labute approximate surface area is 116 Å². The van der Waals surface area contributed by atoms with Gasteiger partial charge in [-0.05, 0) is 64.6 Å². The molecule has 0 bridgehead atoms. The van der Waals surface area contributed by atoms with Crippen molar-refractivity contribution < 1.29 is 9.84 Å². The van der Waals surface area contributed by atoms with Gasteiger partial charge in [0.05, 0.1) is 5.76 Å². The molecule has 108 valence electrons. The lowest BCUT2D eigenvalue weighted by Crippen LogP contribution is -2.36. The third-order valence-corrected chi connectivity index (χ3v) is 3.51. The van der Waals surface area contributed by atoms with Crippen molar-refractivity contribution in [3.05, 3.63) is 23.6 Å². The third-order valence-electron chi connectivity index (χ3n) is 3.51. The van der Waals surface area contributed by atoms with Crippen LogP contribution in [0.5, 0.6) is 0 Å². The van der Waals surface area contributed by atoms with E-state index in [-0.39, 0.29) is 0 Å². The average molecular weight is 266 g/mol. The molecule has 0 aromatic carbocycles. The zero-order valence-electron chi connectivity index (χ0n) is 12.1. The van der Waals surface area contributed by atoms with E-state index < -0.39 is 0 Å². The summed E-state index contributed by atoms with van der Waals surface area (Å²) in [7, 11) is 0. The minimum Gasteiger partial charge on any atom is -0.497 e. The summed E-state index contributed by atoms with van der Waals surface area (Å²) < 4.78 is 5.66. The number of allylic oxidation sites excluding steroid dienone is 4. The van der Waals surface area contributed by atoms with Crippen molar-refractivity contribution >= 4 is 6.72 Å². The summed E-state index contributed by atoms with van der Waals surface area (Å²) >= 11 is 0. The quantitative estimate of drug-likeness (QED) is 0.436. The molecule has 1 saturated heterocycles. The Morgan fingerprint density at radius 3 is 2.63 bits per heavy atom. The number of aliphatic imine (C=N–C) groups is 1. The van der Waals surface area contributed by atoms with Crippen molar-refractivity contribution in [2.45, 2.75) is 26.7 Å². The topological polar surface area (TPSA) is 45.1 Å². The van der Waals surface area contributed by atoms with E-state index in [9.17, 15) is 0 Å². The molecule has 0 atom stereocenters. The molecule has 0 spiro atoms. The Kier molecular flexibility index (Phi) is 7.45. The SMILES string of the molecule is C=N/C(C)=C/C=C(\C)OCCN1CCC(CO)CC1. The van der Waals surface area contributed by atoms with Gasteiger partial charge in [-0.15, -0.1) is 0 Å². The Morgan fingerprint density at radius 2 is 2.05 bits per heavy atom. The van der Waals surface area contributed by atoms with Gasteiger partial charge in [-0.1, -0.05) is 0 Å². The molecule has 0 saturated carbocycles. The van der Waals surface area contributed by atoms with Gasteiger partial charge in [0.15, 0.2) is 0 Å². The van der Waals surface area contributed by atoms with Crippen LogP contribution in [0.2, 0.25) is 0 Å². The highest BCUT2D eigenvalue weighted by Crippen LogP contribution is 2.15. The van der Waals surface area contributed by atoms with E-state index in [1.807, 2.05) is 26.0 Å². The van der Waals surface area contributed by atoms with Gasteiger partial charge >= 0.3 is 0 Å². The van der Waals surface area contributed by atoms with Crippen LogP contribution in [0, 0.1) is 5.92 Å². The summed E-state index contributed by atoms with van der Waals surface area (Å²) in [6.45, 7) is 11.4. The van der Waals surface area contributed by atoms with Crippen LogP contribution in [0.25, 0.3) is 0 Å². The average Bonchev–Trinajstić information content (AvgIpc) is 2.45. The molecule has 0 unspecified atom stereocenters. The van der Waals surface area contributed by atoms with Crippen molar-refractivity contribution in [2.24, 2.45) is 10.9 Å². The molecule has 1 N–H and O–H groups in total. The highest BCUT2D eigenvalue weighted by Gasteiger charge is 2.17. The van der Waals surface area contributed by atoms with E-state index in [0.717, 1.165) is 43.9 Å². The number of piperidine rings is 1. The minimum atomic E-state index is 0.329. The van der Waals surface area contributed by atoms with Crippen LogP contribution < -0.4 is 0 Å². The molecular formula is C15H26N2O2. The monoisotopic (exact) mass is 266 g/mol. The van der Waals surface area contributed by atoms with Gasteiger partial charge in [0.1, 0.15) is 6.61 Å². The molecule has 19 heavy (non-hydrogen) atoms. The van der Waals surface area contributed by atoms with Crippen LogP contribution in [0.3, 0.4) is 0 Å². The Morgan fingerprint density at radius 1 is 1.37 bits per heavy atom. The molecule has 0 amide bonds. The molecule has 0 aromatic heterocycles. The van der Waals surface area contributed by atoms with Crippen LogP contribution in [0.4, 0.5) is 0 Å². The van der Waals surface area contributed by atoms with Gasteiger partial charge in [0.2, 0.25) is 0 Å². The predicted octanol–water partition coefficient (Wildman–Crippen LogP) is 2.22. The molecule has 0 radical (unpaired) electrons. The zero-order valence-corrected chi connectivity index (χ0v) is 12.1. The molecule has 0 aromatic rings. The number of aliphatic hydroxyl groups is 1. The first-order valence-electron chi connectivity index (χ1n) is 6.93. The molecule has 1 aliphatic rings. The van der Waals surface area contributed by atoms with Crippen molar-refractivity contribution in [1.82, 2.24) is 4.90 Å². The zero-order chi connectivity index (χ0) is 14.1. The number of rotatable bonds is 7. The fourth-order valence-corrected chi connectivity index (χ4v) is 2.07. The van der Waals surface area contributed by atoms with Crippen molar-refractivity contribution in [2.75, 3.05) is 32.8 Å². The van der Waals surface area contributed by atoms with Crippen LogP contribution in [0.15, 0.2) is 28.6 Å². The number of likely N-dealkylation sites (tertiary alicyclic amines) is 1. The highest BCUT2D eigenvalue weighted by molar-refractivity contribution is 5.29. The molecule has 1 heterocycles. The fraction of sp³-hybridized carbons (Fsp3) is 0.667. The second-order valence-corrected chi connectivity index (χ2v) is 5.06. The minimum absolute atomic E-state index is 0.329. The normalized spacial score (nSPS) is 19.5. The van der Waals surface area contributed by atoms with Crippen LogP contribution in [0.1, 0.15) is 26.7 Å². The number of hydrogen-bond donors (Lipinski definition) is 1. The standard InChI is InChI=1S/C15H26N2O2/c1-13(16-3)4-5-14(2)19-11-10-17-8-6-15(12-18)7-9-17/h4-5,15,18H,3,6-12H2,1-2H3/b13-4+,14-5+.